The van der Waals surface area contributed by atoms with Crippen LogP contribution in [0.4, 0.5) is 0 Å². The van der Waals surface area contributed by atoms with Crippen LogP contribution >= 0.6 is 11.8 Å². The summed E-state index contributed by atoms with van der Waals surface area (Å²) in [5.74, 6) is 8.25. The monoisotopic (exact) mass is 282 g/mol. The van der Waals surface area contributed by atoms with E-state index in [9.17, 15) is 0 Å². The Bertz CT molecular complexity index is 412. The van der Waals surface area contributed by atoms with E-state index in [1.165, 1.54) is 0 Å². The molecule has 1 aromatic carbocycles. The Hall–Kier alpha value is -0.910. The van der Waals surface area contributed by atoms with E-state index in [2.05, 4.69) is 25.3 Å². The highest BCUT2D eigenvalue weighted by molar-refractivity contribution is 7.99. The van der Waals surface area contributed by atoms with Crippen molar-refractivity contribution in [2.24, 2.45) is 5.84 Å². The van der Waals surface area contributed by atoms with Crippen LogP contribution in [0.5, 0.6) is 11.5 Å². The first-order valence-electron chi connectivity index (χ1n) is 6.68. The summed E-state index contributed by atoms with van der Waals surface area (Å²) in [5.41, 5.74) is 4.02. The molecule has 0 aromatic heterocycles. The number of hydrogen-bond donors (Lipinski definition) is 2. The standard InChI is InChI=1S/C14H22N2O2S/c1-10(2)19-9-12(16-15)11-4-5-13-14(8-11)18-7-3-6-17-13/h4-5,8,10,12,16H,3,6-7,9,15H2,1-2H3. The van der Waals surface area contributed by atoms with Crippen LogP contribution in [0.25, 0.3) is 0 Å². The van der Waals surface area contributed by atoms with E-state index in [4.69, 9.17) is 15.3 Å². The van der Waals surface area contributed by atoms with Crippen molar-refractivity contribution in [2.45, 2.75) is 31.6 Å². The van der Waals surface area contributed by atoms with Gasteiger partial charge in [-0.15, -0.1) is 0 Å². The van der Waals surface area contributed by atoms with Crippen LogP contribution in [-0.2, 0) is 0 Å². The van der Waals surface area contributed by atoms with Crippen molar-refractivity contribution in [1.82, 2.24) is 5.43 Å². The van der Waals surface area contributed by atoms with Gasteiger partial charge < -0.3 is 9.47 Å². The van der Waals surface area contributed by atoms with E-state index in [0.29, 0.717) is 18.5 Å². The van der Waals surface area contributed by atoms with Crippen molar-refractivity contribution >= 4 is 11.8 Å². The Balaban J connectivity index is 2.12. The predicted molar refractivity (Wildman–Crippen MR) is 79.7 cm³/mol. The maximum atomic E-state index is 5.71. The van der Waals surface area contributed by atoms with Crippen LogP contribution in [0.15, 0.2) is 18.2 Å². The quantitative estimate of drug-likeness (QED) is 0.642. The van der Waals surface area contributed by atoms with Gasteiger partial charge in [-0.2, -0.15) is 11.8 Å². The second-order valence-electron chi connectivity index (χ2n) is 4.86. The lowest BCUT2D eigenvalue weighted by atomic mass is 10.1. The van der Waals surface area contributed by atoms with Crippen molar-refractivity contribution in [3.05, 3.63) is 23.8 Å². The second kappa shape index (κ2) is 7.03. The van der Waals surface area contributed by atoms with Gasteiger partial charge in [0.2, 0.25) is 0 Å². The van der Waals surface area contributed by atoms with Gasteiger partial charge in [0.25, 0.3) is 0 Å². The van der Waals surface area contributed by atoms with E-state index in [0.717, 1.165) is 29.2 Å². The van der Waals surface area contributed by atoms with Gasteiger partial charge in [-0.1, -0.05) is 19.9 Å². The van der Waals surface area contributed by atoms with Crippen molar-refractivity contribution in [2.75, 3.05) is 19.0 Å². The molecule has 0 fully saturated rings. The minimum Gasteiger partial charge on any atom is -0.490 e. The molecule has 0 saturated heterocycles. The number of hydrogen-bond acceptors (Lipinski definition) is 5. The van der Waals surface area contributed by atoms with E-state index in [1.54, 1.807) is 0 Å². The Kier molecular flexibility index (Phi) is 5.36. The highest BCUT2D eigenvalue weighted by Gasteiger charge is 2.16. The third-order valence-corrected chi connectivity index (χ3v) is 4.16. The summed E-state index contributed by atoms with van der Waals surface area (Å²) in [6.07, 6.45) is 0.922. The van der Waals surface area contributed by atoms with Crippen molar-refractivity contribution < 1.29 is 9.47 Å². The topological polar surface area (TPSA) is 56.5 Å². The van der Waals surface area contributed by atoms with Gasteiger partial charge in [-0.05, 0) is 22.9 Å². The van der Waals surface area contributed by atoms with Crippen molar-refractivity contribution in [1.29, 1.82) is 0 Å². The molecule has 1 aliphatic heterocycles. The molecule has 0 aliphatic carbocycles. The lowest BCUT2D eigenvalue weighted by molar-refractivity contribution is 0.297. The molecule has 0 saturated carbocycles. The summed E-state index contributed by atoms with van der Waals surface area (Å²) < 4.78 is 11.3. The summed E-state index contributed by atoms with van der Waals surface area (Å²) in [6.45, 7) is 5.80. The van der Waals surface area contributed by atoms with Crippen LogP contribution in [-0.4, -0.2) is 24.2 Å². The first-order chi connectivity index (χ1) is 9.20. The predicted octanol–water partition coefficient (Wildman–Crippen LogP) is 2.49. The smallest absolute Gasteiger partial charge is 0.161 e. The number of thioether (sulfide) groups is 1. The minimum absolute atomic E-state index is 0.129. The number of hydrazine groups is 1. The molecule has 5 heteroatoms. The molecule has 3 N–H and O–H groups in total. The van der Waals surface area contributed by atoms with Gasteiger partial charge in [-0.25, -0.2) is 0 Å². The van der Waals surface area contributed by atoms with Gasteiger partial charge in [0.1, 0.15) is 0 Å². The lowest BCUT2D eigenvalue weighted by Crippen LogP contribution is -2.30. The highest BCUT2D eigenvalue weighted by atomic mass is 32.2. The summed E-state index contributed by atoms with van der Waals surface area (Å²) in [6, 6.07) is 6.19. The van der Waals surface area contributed by atoms with Gasteiger partial charge >= 0.3 is 0 Å². The van der Waals surface area contributed by atoms with E-state index < -0.39 is 0 Å². The summed E-state index contributed by atoms with van der Waals surface area (Å²) in [7, 11) is 0. The lowest BCUT2D eigenvalue weighted by Gasteiger charge is -2.18. The Morgan fingerprint density at radius 1 is 1.26 bits per heavy atom. The molecule has 0 spiro atoms. The fourth-order valence-electron chi connectivity index (χ4n) is 1.93. The number of rotatable bonds is 5. The first kappa shape index (κ1) is 14.5. The van der Waals surface area contributed by atoms with Crippen LogP contribution < -0.4 is 20.7 Å². The maximum absolute atomic E-state index is 5.71. The van der Waals surface area contributed by atoms with Gasteiger partial charge in [0, 0.05) is 12.2 Å². The molecule has 0 bridgehead atoms. The SMILES string of the molecule is CC(C)SCC(NN)c1ccc2c(c1)OCCCO2. The number of benzene rings is 1. The maximum Gasteiger partial charge on any atom is 0.161 e. The van der Waals surface area contributed by atoms with Crippen LogP contribution in [0.3, 0.4) is 0 Å². The summed E-state index contributed by atoms with van der Waals surface area (Å²) >= 11 is 1.89. The third kappa shape index (κ3) is 4.03. The molecule has 1 aromatic rings. The first-order valence-corrected chi connectivity index (χ1v) is 7.73. The number of fused-ring (bicyclic) bond motifs is 1. The van der Waals surface area contributed by atoms with Crippen molar-refractivity contribution in [3.63, 3.8) is 0 Å². The Morgan fingerprint density at radius 3 is 2.68 bits per heavy atom. The molecule has 0 radical (unpaired) electrons. The fraction of sp³-hybridized carbons (Fsp3) is 0.571. The third-order valence-electron chi connectivity index (χ3n) is 2.97. The normalized spacial score (nSPS) is 16.2. The Labute approximate surface area is 119 Å². The molecule has 4 nitrogen and oxygen atoms in total. The van der Waals surface area contributed by atoms with Gasteiger partial charge in [0.05, 0.1) is 19.3 Å². The van der Waals surface area contributed by atoms with E-state index in [1.807, 2.05) is 23.9 Å². The molecule has 1 heterocycles. The molecule has 19 heavy (non-hydrogen) atoms. The summed E-state index contributed by atoms with van der Waals surface area (Å²) in [5, 5.41) is 0.594. The summed E-state index contributed by atoms with van der Waals surface area (Å²) in [4.78, 5) is 0. The number of ether oxygens (including phenoxy) is 2. The van der Waals surface area contributed by atoms with Gasteiger partial charge in [0.15, 0.2) is 11.5 Å². The van der Waals surface area contributed by atoms with E-state index in [-0.39, 0.29) is 6.04 Å². The molecular weight excluding hydrogens is 260 g/mol. The molecule has 0 amide bonds. The molecule has 1 atom stereocenters. The van der Waals surface area contributed by atoms with Crippen LogP contribution in [0, 0.1) is 0 Å². The van der Waals surface area contributed by atoms with Crippen LogP contribution in [0.2, 0.25) is 0 Å². The fourth-order valence-corrected chi connectivity index (χ4v) is 2.79. The zero-order chi connectivity index (χ0) is 13.7. The second-order valence-corrected chi connectivity index (χ2v) is 6.47. The van der Waals surface area contributed by atoms with Crippen LogP contribution in [0.1, 0.15) is 31.9 Å². The molecule has 1 aliphatic rings. The number of nitrogens with two attached hydrogens (primary N) is 1. The highest BCUT2D eigenvalue weighted by Crippen LogP contribution is 2.33. The minimum atomic E-state index is 0.129. The molecular formula is C14H22N2O2S. The largest absolute Gasteiger partial charge is 0.490 e. The average Bonchev–Trinajstić information content (AvgIpc) is 2.63. The average molecular weight is 282 g/mol. The Morgan fingerprint density at radius 2 is 2.00 bits per heavy atom. The molecule has 2 rings (SSSR count). The number of nitrogens with one attached hydrogen (secondary N) is 1. The van der Waals surface area contributed by atoms with Gasteiger partial charge in [-0.3, -0.25) is 11.3 Å². The molecule has 106 valence electrons. The van der Waals surface area contributed by atoms with Crippen molar-refractivity contribution in [3.8, 4) is 11.5 Å². The van der Waals surface area contributed by atoms with E-state index >= 15 is 0 Å². The zero-order valence-corrected chi connectivity index (χ0v) is 12.3. The zero-order valence-electron chi connectivity index (χ0n) is 11.5. The molecule has 1 unspecified atom stereocenters.